The van der Waals surface area contributed by atoms with Gasteiger partial charge in [0.1, 0.15) is 0 Å². The highest BCUT2D eigenvalue weighted by Crippen LogP contribution is 2.37. The first-order valence-electron chi connectivity index (χ1n) is 11.6. The van der Waals surface area contributed by atoms with E-state index in [1.165, 1.54) is 5.56 Å². The summed E-state index contributed by atoms with van der Waals surface area (Å²) in [4.78, 5) is 2.77. The van der Waals surface area contributed by atoms with Gasteiger partial charge >= 0.3 is 0 Å². The molecule has 0 amide bonds. The Kier molecular flexibility index (Phi) is 7.63. The maximum absolute atomic E-state index is 14.0. The van der Waals surface area contributed by atoms with E-state index in [-0.39, 0.29) is 11.8 Å². The van der Waals surface area contributed by atoms with Crippen molar-refractivity contribution in [3.8, 4) is 0 Å². The predicted molar refractivity (Wildman–Crippen MR) is 136 cm³/mol. The molecular formula is C26H37ClN2O2S. The van der Waals surface area contributed by atoms with Gasteiger partial charge in [0.25, 0.3) is 0 Å². The first-order valence-corrected chi connectivity index (χ1v) is 13.4. The van der Waals surface area contributed by atoms with Gasteiger partial charge in [0, 0.05) is 36.9 Å². The molecule has 0 atom stereocenters. The molecule has 0 bridgehead atoms. The Morgan fingerprint density at radius 2 is 1.34 bits per heavy atom. The van der Waals surface area contributed by atoms with Crippen molar-refractivity contribution in [1.82, 2.24) is 4.31 Å². The molecule has 0 aliphatic carbocycles. The van der Waals surface area contributed by atoms with Crippen LogP contribution in [0.4, 0.5) is 5.69 Å². The van der Waals surface area contributed by atoms with Crippen LogP contribution in [0.5, 0.6) is 0 Å². The second-order valence-corrected chi connectivity index (χ2v) is 12.1. The fraction of sp³-hybridized carbons (Fsp3) is 0.538. The third-order valence-electron chi connectivity index (χ3n) is 6.43. The summed E-state index contributed by atoms with van der Waals surface area (Å²) in [6, 6.07) is 10.1. The zero-order valence-corrected chi connectivity index (χ0v) is 22.0. The van der Waals surface area contributed by atoms with Crippen LogP contribution in [0.2, 0.25) is 5.02 Å². The maximum atomic E-state index is 14.0. The van der Waals surface area contributed by atoms with Gasteiger partial charge in [0.15, 0.2) is 0 Å². The zero-order valence-electron chi connectivity index (χ0n) is 20.4. The van der Waals surface area contributed by atoms with E-state index in [1.807, 2.05) is 18.2 Å². The Balaban J connectivity index is 1.97. The lowest BCUT2D eigenvalue weighted by Crippen LogP contribution is -2.49. The van der Waals surface area contributed by atoms with Crippen molar-refractivity contribution in [2.24, 2.45) is 0 Å². The summed E-state index contributed by atoms with van der Waals surface area (Å²) in [6.07, 6.45) is 0. The van der Waals surface area contributed by atoms with Crippen molar-refractivity contribution in [2.45, 2.75) is 71.1 Å². The molecule has 32 heavy (non-hydrogen) atoms. The molecule has 176 valence electrons. The molecule has 2 aromatic rings. The monoisotopic (exact) mass is 476 g/mol. The largest absolute Gasteiger partial charge is 0.369 e. The van der Waals surface area contributed by atoms with Gasteiger partial charge in [-0.1, -0.05) is 71.3 Å². The predicted octanol–water partition coefficient (Wildman–Crippen LogP) is 6.53. The third-order valence-corrected chi connectivity index (χ3v) is 8.70. The molecule has 1 saturated heterocycles. The number of nitrogens with zero attached hydrogens (tertiary/aromatic N) is 2. The van der Waals surface area contributed by atoms with Crippen molar-refractivity contribution in [3.63, 3.8) is 0 Å². The van der Waals surface area contributed by atoms with Gasteiger partial charge in [0.05, 0.1) is 4.90 Å². The number of halogens is 1. The third kappa shape index (κ3) is 5.00. The standard InChI is InChI=1S/C26H37ClN2O2S/c1-17(2)21-14-23(18(3)4)26(24(15-21)19(5)6)32(30,31)29-12-10-28(11-13-29)25-16-22(27)9-8-20(25)7/h8-9,14-19H,10-13H2,1-7H3. The van der Waals surface area contributed by atoms with Gasteiger partial charge in [-0.2, -0.15) is 4.31 Å². The zero-order chi connectivity index (χ0) is 23.8. The molecule has 0 spiro atoms. The van der Waals surface area contributed by atoms with Crippen LogP contribution in [0.15, 0.2) is 35.2 Å². The van der Waals surface area contributed by atoms with Gasteiger partial charge in [-0.05, 0) is 59.1 Å². The Bertz CT molecular complexity index is 1040. The van der Waals surface area contributed by atoms with Crippen molar-refractivity contribution >= 4 is 27.3 Å². The number of hydrogen-bond acceptors (Lipinski definition) is 3. The molecule has 1 aliphatic heterocycles. The van der Waals surface area contributed by atoms with Crippen LogP contribution in [0.25, 0.3) is 0 Å². The summed E-state index contributed by atoms with van der Waals surface area (Å²) in [6.45, 7) is 17.0. The topological polar surface area (TPSA) is 40.6 Å². The molecule has 0 N–H and O–H groups in total. The lowest BCUT2D eigenvalue weighted by molar-refractivity contribution is 0.383. The Morgan fingerprint density at radius 3 is 1.81 bits per heavy atom. The smallest absolute Gasteiger partial charge is 0.243 e. The summed E-state index contributed by atoms with van der Waals surface area (Å²) >= 11 is 6.21. The number of hydrogen-bond donors (Lipinski definition) is 0. The van der Waals surface area contributed by atoms with E-state index in [4.69, 9.17) is 11.6 Å². The molecule has 3 rings (SSSR count). The van der Waals surface area contributed by atoms with Crippen LogP contribution in [-0.4, -0.2) is 38.9 Å². The molecule has 6 heteroatoms. The Hall–Kier alpha value is -1.56. The molecule has 4 nitrogen and oxygen atoms in total. The maximum Gasteiger partial charge on any atom is 0.243 e. The fourth-order valence-electron chi connectivity index (χ4n) is 4.41. The highest BCUT2D eigenvalue weighted by molar-refractivity contribution is 7.89. The quantitative estimate of drug-likeness (QED) is 0.475. The van der Waals surface area contributed by atoms with E-state index in [1.54, 1.807) is 4.31 Å². The highest BCUT2D eigenvalue weighted by Gasteiger charge is 2.34. The molecule has 0 radical (unpaired) electrons. The second kappa shape index (κ2) is 9.74. The lowest BCUT2D eigenvalue weighted by Gasteiger charge is -2.37. The van der Waals surface area contributed by atoms with Crippen molar-refractivity contribution in [2.75, 3.05) is 31.1 Å². The van der Waals surface area contributed by atoms with Crippen LogP contribution in [-0.2, 0) is 10.0 Å². The van der Waals surface area contributed by atoms with E-state index in [0.717, 1.165) is 22.4 Å². The van der Waals surface area contributed by atoms with Gasteiger partial charge in [-0.25, -0.2) is 8.42 Å². The van der Waals surface area contributed by atoms with Gasteiger partial charge < -0.3 is 4.90 Å². The second-order valence-electron chi connectivity index (χ2n) is 9.81. The van der Waals surface area contributed by atoms with Crippen molar-refractivity contribution in [3.05, 3.63) is 57.6 Å². The van der Waals surface area contributed by atoms with E-state index in [0.29, 0.717) is 42.0 Å². The number of anilines is 1. The molecule has 1 fully saturated rings. The number of piperazine rings is 1. The first-order chi connectivity index (χ1) is 14.9. The summed E-state index contributed by atoms with van der Waals surface area (Å²) < 4.78 is 29.6. The summed E-state index contributed by atoms with van der Waals surface area (Å²) in [5.74, 6) is 0.615. The van der Waals surface area contributed by atoms with Crippen LogP contribution >= 0.6 is 11.6 Å². The Labute approximate surface area is 199 Å². The van der Waals surface area contributed by atoms with Gasteiger partial charge in [-0.3, -0.25) is 0 Å². The van der Waals surface area contributed by atoms with Crippen molar-refractivity contribution in [1.29, 1.82) is 0 Å². The molecular weight excluding hydrogens is 440 g/mol. The molecule has 0 aromatic heterocycles. The minimum atomic E-state index is -3.60. The van der Waals surface area contributed by atoms with Crippen LogP contribution in [0, 0.1) is 6.92 Å². The SMILES string of the molecule is Cc1ccc(Cl)cc1N1CCN(S(=O)(=O)c2c(C(C)C)cc(C(C)C)cc2C(C)C)CC1. The summed E-state index contributed by atoms with van der Waals surface area (Å²) in [7, 11) is -3.60. The first kappa shape index (κ1) is 25.1. The van der Waals surface area contributed by atoms with E-state index < -0.39 is 10.0 Å². The molecule has 1 heterocycles. The number of aryl methyl sites for hydroxylation is 1. The minimum Gasteiger partial charge on any atom is -0.369 e. The van der Waals surface area contributed by atoms with Crippen LogP contribution in [0.3, 0.4) is 0 Å². The molecule has 0 saturated carbocycles. The lowest BCUT2D eigenvalue weighted by atomic mass is 9.89. The molecule has 1 aliphatic rings. The fourth-order valence-corrected chi connectivity index (χ4v) is 6.66. The van der Waals surface area contributed by atoms with Gasteiger partial charge in [-0.15, -0.1) is 0 Å². The average molecular weight is 477 g/mol. The minimum absolute atomic E-state index is 0.131. The average Bonchev–Trinajstić information content (AvgIpc) is 2.74. The normalized spacial score (nSPS) is 15.9. The number of sulfonamides is 1. The summed E-state index contributed by atoms with van der Waals surface area (Å²) in [5.41, 5.74) is 5.32. The number of rotatable bonds is 6. The van der Waals surface area contributed by atoms with Crippen LogP contribution < -0.4 is 4.90 Å². The van der Waals surface area contributed by atoms with E-state index >= 15 is 0 Å². The van der Waals surface area contributed by atoms with E-state index in [9.17, 15) is 8.42 Å². The van der Waals surface area contributed by atoms with E-state index in [2.05, 4.69) is 65.5 Å². The number of benzene rings is 2. The summed E-state index contributed by atoms with van der Waals surface area (Å²) in [5, 5.41) is 0.703. The van der Waals surface area contributed by atoms with Gasteiger partial charge in [0.2, 0.25) is 10.0 Å². The Morgan fingerprint density at radius 1 is 0.812 bits per heavy atom. The molecule has 2 aromatic carbocycles. The van der Waals surface area contributed by atoms with Crippen LogP contribution in [0.1, 0.15) is 81.5 Å². The van der Waals surface area contributed by atoms with Crippen molar-refractivity contribution < 1.29 is 8.42 Å². The molecule has 0 unspecified atom stereocenters. The highest BCUT2D eigenvalue weighted by atomic mass is 35.5.